The van der Waals surface area contributed by atoms with Crippen molar-refractivity contribution in [1.82, 2.24) is 5.32 Å². The van der Waals surface area contributed by atoms with Crippen LogP contribution in [0.3, 0.4) is 0 Å². The summed E-state index contributed by atoms with van der Waals surface area (Å²) in [6, 6.07) is 0. The Balaban J connectivity index is 2.98. The fraction of sp³-hybridized carbons (Fsp3) is 0.750. The van der Waals surface area contributed by atoms with E-state index in [1.165, 1.54) is 64.5 Å². The van der Waals surface area contributed by atoms with Crippen LogP contribution in [0.15, 0.2) is 24.3 Å². The Kier molecular flexibility index (Phi) is 14.9. The van der Waals surface area contributed by atoms with Gasteiger partial charge in [0.05, 0.1) is 0 Å². The normalized spacial score (nSPS) is 11.9. The van der Waals surface area contributed by atoms with Crippen molar-refractivity contribution >= 4 is 0 Å². The van der Waals surface area contributed by atoms with Crippen molar-refractivity contribution < 1.29 is 0 Å². The maximum atomic E-state index is 3.52. The molecule has 17 heavy (non-hydrogen) atoms. The molecule has 0 aromatic rings. The van der Waals surface area contributed by atoms with Crippen molar-refractivity contribution in [1.29, 1.82) is 0 Å². The zero-order valence-electron chi connectivity index (χ0n) is 11.9. The van der Waals surface area contributed by atoms with Crippen molar-refractivity contribution in [3.05, 3.63) is 24.3 Å². The lowest BCUT2D eigenvalue weighted by Crippen LogP contribution is -2.16. The van der Waals surface area contributed by atoms with E-state index in [4.69, 9.17) is 0 Å². The third-order valence-electron chi connectivity index (χ3n) is 2.75. The number of allylic oxidation sites excluding steroid dienone is 4. The minimum Gasteiger partial charge on any atom is -0.317 e. The van der Waals surface area contributed by atoms with Gasteiger partial charge < -0.3 is 5.32 Å². The molecule has 0 aliphatic rings. The molecule has 1 N–H and O–H groups in total. The summed E-state index contributed by atoms with van der Waals surface area (Å²) in [7, 11) is 0. The van der Waals surface area contributed by atoms with Gasteiger partial charge in [0, 0.05) is 0 Å². The molecule has 0 saturated heterocycles. The lowest BCUT2D eigenvalue weighted by Gasteiger charge is -2.03. The first-order valence-corrected chi connectivity index (χ1v) is 7.42. The predicted octanol–water partition coefficient (Wildman–Crippen LogP) is 4.85. The van der Waals surface area contributed by atoms with Crippen LogP contribution >= 0.6 is 0 Å². The van der Waals surface area contributed by atoms with Gasteiger partial charge in [-0.3, -0.25) is 0 Å². The molecule has 0 aromatic heterocycles. The Labute approximate surface area is 108 Å². The summed E-state index contributed by atoms with van der Waals surface area (Å²) in [6.07, 6.45) is 19.2. The Hall–Kier alpha value is -0.560. The molecule has 1 nitrogen and oxygen atoms in total. The van der Waals surface area contributed by atoms with Crippen molar-refractivity contribution in [2.45, 2.75) is 65.2 Å². The fourth-order valence-electron chi connectivity index (χ4n) is 1.72. The maximum absolute atomic E-state index is 3.52. The monoisotopic (exact) mass is 237 g/mol. The van der Waals surface area contributed by atoms with E-state index in [-0.39, 0.29) is 0 Å². The summed E-state index contributed by atoms with van der Waals surface area (Å²) in [5.74, 6) is 0. The van der Waals surface area contributed by atoms with E-state index in [9.17, 15) is 0 Å². The van der Waals surface area contributed by atoms with Crippen LogP contribution in [0, 0.1) is 0 Å². The molecular formula is C16H31N. The summed E-state index contributed by atoms with van der Waals surface area (Å²) < 4.78 is 0. The largest absolute Gasteiger partial charge is 0.317 e. The summed E-state index contributed by atoms with van der Waals surface area (Å²) >= 11 is 0. The van der Waals surface area contributed by atoms with Crippen molar-refractivity contribution in [3.63, 3.8) is 0 Å². The summed E-state index contributed by atoms with van der Waals surface area (Å²) in [5, 5.41) is 3.52. The van der Waals surface area contributed by atoms with Gasteiger partial charge in [0.25, 0.3) is 0 Å². The lowest BCUT2D eigenvalue weighted by atomic mass is 10.2. The van der Waals surface area contributed by atoms with Crippen LogP contribution in [0.4, 0.5) is 0 Å². The standard InChI is InChI=1S/C16H31N/c1-3-5-7-9-11-13-15-17-16-14-12-10-8-6-4-2/h5-8,17H,3-4,9-16H2,1-2H3/b7-5+,8-6+. The molecule has 0 heterocycles. The second kappa shape index (κ2) is 15.4. The van der Waals surface area contributed by atoms with Crippen molar-refractivity contribution in [3.8, 4) is 0 Å². The number of hydrogen-bond donors (Lipinski definition) is 1. The topological polar surface area (TPSA) is 12.0 Å². The van der Waals surface area contributed by atoms with E-state index in [1.807, 2.05) is 0 Å². The van der Waals surface area contributed by atoms with Crippen LogP contribution < -0.4 is 5.32 Å². The average molecular weight is 237 g/mol. The van der Waals surface area contributed by atoms with Crippen LogP contribution in [0.2, 0.25) is 0 Å². The van der Waals surface area contributed by atoms with Crippen LogP contribution in [-0.2, 0) is 0 Å². The molecule has 0 rings (SSSR count). The maximum Gasteiger partial charge on any atom is -0.00488 e. The number of hydrogen-bond acceptors (Lipinski definition) is 1. The average Bonchev–Trinajstić information content (AvgIpc) is 2.35. The highest BCUT2D eigenvalue weighted by Crippen LogP contribution is 1.98. The third-order valence-corrected chi connectivity index (χ3v) is 2.75. The molecule has 0 unspecified atom stereocenters. The highest BCUT2D eigenvalue weighted by Gasteiger charge is 1.88. The summed E-state index contributed by atoms with van der Waals surface area (Å²) in [6.45, 7) is 6.75. The molecule has 0 aromatic carbocycles. The summed E-state index contributed by atoms with van der Waals surface area (Å²) in [4.78, 5) is 0. The molecule has 0 aliphatic carbocycles. The first-order chi connectivity index (χ1) is 8.41. The molecule has 1 heteroatoms. The van der Waals surface area contributed by atoms with Gasteiger partial charge in [-0.25, -0.2) is 0 Å². The molecule has 0 amide bonds. The van der Waals surface area contributed by atoms with E-state index in [0.29, 0.717) is 0 Å². The smallest absolute Gasteiger partial charge is 0.00488 e. The quantitative estimate of drug-likeness (QED) is 0.378. The molecule has 0 fully saturated rings. The molecule has 0 aliphatic heterocycles. The Bertz CT molecular complexity index is 162. The van der Waals surface area contributed by atoms with Gasteiger partial charge in [-0.05, 0) is 64.5 Å². The van der Waals surface area contributed by atoms with Crippen LogP contribution in [0.5, 0.6) is 0 Å². The first-order valence-electron chi connectivity index (χ1n) is 7.42. The SMILES string of the molecule is CC/C=C/CCCCNCCCC/C=C/CC. The zero-order valence-corrected chi connectivity index (χ0v) is 11.9. The number of rotatable bonds is 12. The van der Waals surface area contributed by atoms with E-state index >= 15 is 0 Å². The third kappa shape index (κ3) is 15.4. The molecule has 0 spiro atoms. The van der Waals surface area contributed by atoms with Gasteiger partial charge in [0.15, 0.2) is 0 Å². The van der Waals surface area contributed by atoms with E-state index < -0.39 is 0 Å². The second-order valence-electron chi connectivity index (χ2n) is 4.50. The molecule has 0 atom stereocenters. The minimum atomic E-state index is 1.17. The number of nitrogens with one attached hydrogen (secondary N) is 1. The molecule has 100 valence electrons. The van der Waals surface area contributed by atoms with Gasteiger partial charge in [-0.15, -0.1) is 0 Å². The highest BCUT2D eigenvalue weighted by molar-refractivity contribution is 4.80. The first kappa shape index (κ1) is 16.4. The second-order valence-corrected chi connectivity index (χ2v) is 4.50. The van der Waals surface area contributed by atoms with E-state index in [1.54, 1.807) is 0 Å². The Morgan fingerprint density at radius 1 is 0.647 bits per heavy atom. The van der Waals surface area contributed by atoms with Gasteiger partial charge in [0.1, 0.15) is 0 Å². The van der Waals surface area contributed by atoms with Gasteiger partial charge >= 0.3 is 0 Å². The molecular weight excluding hydrogens is 206 g/mol. The van der Waals surface area contributed by atoms with Crippen molar-refractivity contribution in [2.75, 3.05) is 13.1 Å². The molecule has 0 radical (unpaired) electrons. The number of unbranched alkanes of at least 4 members (excludes halogenated alkanes) is 4. The summed E-state index contributed by atoms with van der Waals surface area (Å²) in [5.41, 5.74) is 0. The fourth-order valence-corrected chi connectivity index (χ4v) is 1.72. The predicted molar refractivity (Wildman–Crippen MR) is 79.4 cm³/mol. The van der Waals surface area contributed by atoms with Crippen molar-refractivity contribution in [2.24, 2.45) is 0 Å². The van der Waals surface area contributed by atoms with Crippen LogP contribution in [-0.4, -0.2) is 13.1 Å². The lowest BCUT2D eigenvalue weighted by molar-refractivity contribution is 0.593. The Morgan fingerprint density at radius 2 is 1.12 bits per heavy atom. The highest BCUT2D eigenvalue weighted by atomic mass is 14.8. The van der Waals surface area contributed by atoms with Crippen LogP contribution in [0.25, 0.3) is 0 Å². The van der Waals surface area contributed by atoms with Gasteiger partial charge in [-0.1, -0.05) is 38.2 Å². The van der Waals surface area contributed by atoms with E-state index in [2.05, 4.69) is 43.5 Å². The zero-order chi connectivity index (χ0) is 12.6. The van der Waals surface area contributed by atoms with Crippen LogP contribution in [0.1, 0.15) is 65.2 Å². The van der Waals surface area contributed by atoms with Gasteiger partial charge in [0.2, 0.25) is 0 Å². The van der Waals surface area contributed by atoms with Gasteiger partial charge in [-0.2, -0.15) is 0 Å². The molecule has 0 bridgehead atoms. The Morgan fingerprint density at radius 3 is 1.53 bits per heavy atom. The molecule has 0 saturated carbocycles. The van der Waals surface area contributed by atoms with E-state index in [0.717, 1.165) is 0 Å². The minimum absolute atomic E-state index is 1.17.